The molecule has 0 bridgehead atoms. The van der Waals surface area contributed by atoms with E-state index in [1.54, 1.807) is 28.8 Å². The molecule has 2 atom stereocenters. The molecule has 6 rings (SSSR count). The van der Waals surface area contributed by atoms with Gasteiger partial charge in [-0.2, -0.15) is 0 Å². The van der Waals surface area contributed by atoms with Crippen LogP contribution in [0.2, 0.25) is 9.26 Å². The standard InChI is InChI=1S/2C17H23.2C6H5.2CH3.H2Si.Zr/c2*1-6-13-7-15-9-14(11(2)3)10-16(12(4)5)17(15)8-13;2*1-2-4-6-5-3-1;;;;/h2*7-12H,6H2,1-5H3;2*1-5H;2*1H3;1H2;. The van der Waals surface area contributed by atoms with Gasteiger partial charge in [0.15, 0.2) is 0 Å². The van der Waals surface area contributed by atoms with Crippen molar-refractivity contribution in [2.24, 2.45) is 0 Å². The van der Waals surface area contributed by atoms with Gasteiger partial charge in [-0.1, -0.05) is 0 Å². The van der Waals surface area contributed by atoms with Gasteiger partial charge in [-0.05, 0) is 0 Å². The third-order valence-electron chi connectivity index (χ3n) is 14.5. The number of rotatable bonds is 10. The number of fused-ring (bicyclic) bond motifs is 2. The number of hydrogen-bond acceptors (Lipinski definition) is 0. The molecule has 50 heavy (non-hydrogen) atoms. The van der Waals surface area contributed by atoms with Crippen molar-refractivity contribution in [3.8, 4) is 0 Å². The predicted molar refractivity (Wildman–Crippen MR) is 224 cm³/mol. The zero-order chi connectivity index (χ0) is 36.5. The first-order valence-corrected chi connectivity index (χ1v) is 35.9. The van der Waals surface area contributed by atoms with Gasteiger partial charge in [-0.15, -0.1) is 0 Å². The van der Waals surface area contributed by atoms with Gasteiger partial charge in [0.2, 0.25) is 0 Å². The van der Waals surface area contributed by atoms with Crippen molar-refractivity contribution in [1.29, 1.82) is 0 Å². The Hall–Kier alpha value is -2.54. The van der Waals surface area contributed by atoms with Crippen LogP contribution in [0.15, 0.2) is 96.1 Å². The molecule has 4 aromatic rings. The van der Waals surface area contributed by atoms with Crippen molar-refractivity contribution >= 4 is 25.6 Å². The fraction of sp³-hybridized carbons (Fsp3) is 0.417. The molecule has 0 amide bonds. The van der Waals surface area contributed by atoms with E-state index in [4.69, 9.17) is 0 Å². The molecule has 0 saturated heterocycles. The third kappa shape index (κ3) is 4.76. The minimum atomic E-state index is -5.99. The molecule has 2 unspecified atom stereocenters. The molecule has 0 spiro atoms. The van der Waals surface area contributed by atoms with Gasteiger partial charge in [0, 0.05) is 0 Å². The maximum absolute atomic E-state index is 5.99. The van der Waals surface area contributed by atoms with Crippen molar-refractivity contribution in [2.75, 3.05) is 0 Å². The van der Waals surface area contributed by atoms with E-state index >= 15 is 0 Å². The number of allylic oxidation sites excluding steroid dienone is 2. The van der Waals surface area contributed by atoms with Crippen LogP contribution >= 0.6 is 0 Å². The monoisotopic (exact) mass is 758 g/mol. The van der Waals surface area contributed by atoms with E-state index in [1.165, 1.54) is 33.4 Å². The fourth-order valence-electron chi connectivity index (χ4n) is 11.7. The average molecular weight is 760 g/mol. The van der Waals surface area contributed by atoms with Crippen molar-refractivity contribution in [3.05, 3.63) is 141 Å². The Balaban J connectivity index is 1.97. The summed E-state index contributed by atoms with van der Waals surface area (Å²) in [6.07, 6.45) is 7.43. The Morgan fingerprint density at radius 2 is 0.860 bits per heavy atom. The van der Waals surface area contributed by atoms with E-state index < -0.39 is 14.4 Å². The first-order chi connectivity index (χ1) is 23.4. The number of benzene rings is 4. The van der Waals surface area contributed by atoms with Crippen LogP contribution in [0.4, 0.5) is 0 Å². The fourth-order valence-corrected chi connectivity index (χ4v) is 50.1. The average Bonchev–Trinajstić information content (AvgIpc) is 3.69. The van der Waals surface area contributed by atoms with Crippen LogP contribution in [-0.2, 0) is 14.4 Å². The topological polar surface area (TPSA) is 0 Å². The molecule has 0 aromatic heterocycles. The molecule has 0 heterocycles. The van der Waals surface area contributed by atoms with Gasteiger partial charge >= 0.3 is 303 Å². The van der Waals surface area contributed by atoms with Crippen LogP contribution in [0.25, 0.3) is 12.2 Å². The molecule has 0 fully saturated rings. The van der Waals surface area contributed by atoms with E-state index in [1.807, 2.05) is 0 Å². The molecule has 2 aliphatic carbocycles. The van der Waals surface area contributed by atoms with Crippen molar-refractivity contribution in [1.82, 2.24) is 0 Å². The molecule has 0 saturated carbocycles. The van der Waals surface area contributed by atoms with E-state index in [-0.39, 0.29) is 7.25 Å². The molecule has 4 aromatic carbocycles. The van der Waals surface area contributed by atoms with Crippen molar-refractivity contribution in [2.45, 2.75) is 122 Å². The minimum absolute atomic E-state index is 0.252. The second-order valence-corrected chi connectivity index (χ2v) is 67.2. The first-order valence-electron chi connectivity index (χ1n) is 19.8. The molecule has 2 aliphatic rings. The summed E-state index contributed by atoms with van der Waals surface area (Å²) in [6, 6.07) is 34.5. The molecule has 0 nitrogen and oxygen atoms in total. The Kier molecular flexibility index (Phi) is 8.74. The molecule has 264 valence electrons. The first kappa shape index (κ1) is 37.2. The summed E-state index contributed by atoms with van der Waals surface area (Å²) in [7, 11) is 0. The second kappa shape index (κ2) is 11.7. The van der Waals surface area contributed by atoms with Gasteiger partial charge < -0.3 is 0 Å². The van der Waals surface area contributed by atoms with E-state index in [9.17, 15) is 0 Å². The molecule has 0 aliphatic heterocycles. The molecule has 2 heteroatoms. The van der Waals surface area contributed by atoms with Gasteiger partial charge in [-0.3, -0.25) is 0 Å². The van der Waals surface area contributed by atoms with Crippen LogP contribution < -0.4 is 6.54 Å². The maximum atomic E-state index is 2.92. The van der Waals surface area contributed by atoms with Gasteiger partial charge in [0.05, 0.1) is 0 Å². The van der Waals surface area contributed by atoms with Gasteiger partial charge in [-0.25, -0.2) is 0 Å². The molecule has 0 radical (unpaired) electrons. The van der Waals surface area contributed by atoms with E-state index in [0.29, 0.717) is 23.7 Å². The zero-order valence-corrected chi connectivity index (χ0v) is 37.2. The predicted octanol–water partition coefficient (Wildman–Crippen LogP) is 12.6. The summed E-state index contributed by atoms with van der Waals surface area (Å²) in [5.41, 5.74) is 15.4. The quantitative estimate of drug-likeness (QED) is 0.141. The zero-order valence-electron chi connectivity index (χ0n) is 33.3. The van der Waals surface area contributed by atoms with Crippen molar-refractivity contribution in [3.63, 3.8) is 0 Å². The SMILES string of the molecule is CCC1=Cc2c(C(C)C)cc(C(C)C)cc2[CH]1[Zr]([CH3])([CH3])(=[SiH2])([c]1ccccc1)([c]1ccccc1)[CH]1C(CC)=Cc2c(C(C)C)cc(C(C)C)cc21. The Morgan fingerprint density at radius 1 is 0.520 bits per heavy atom. The van der Waals surface area contributed by atoms with E-state index in [2.05, 4.69) is 182 Å². The van der Waals surface area contributed by atoms with Gasteiger partial charge in [0.1, 0.15) is 0 Å². The second-order valence-electron chi connectivity index (χ2n) is 19.6. The van der Waals surface area contributed by atoms with Gasteiger partial charge in [0.25, 0.3) is 0 Å². The van der Waals surface area contributed by atoms with Crippen LogP contribution in [0.5, 0.6) is 0 Å². The summed E-state index contributed by atoms with van der Waals surface area (Å²) in [4.78, 5) is 0. The summed E-state index contributed by atoms with van der Waals surface area (Å²) >= 11 is -5.99. The molecule has 0 N–H and O–H groups in total. The number of hydrogen-bond donors (Lipinski definition) is 0. The Bertz CT molecular complexity index is 2010. The summed E-state index contributed by atoms with van der Waals surface area (Å²) in [5, 5.41) is 0. The van der Waals surface area contributed by atoms with Crippen LogP contribution in [-0.4, -0.2) is 6.88 Å². The Labute approximate surface area is 300 Å². The molecular formula is C48H64SiZr. The summed E-state index contributed by atoms with van der Waals surface area (Å²) in [6.45, 7) is 26.5. The normalized spacial score (nSPS) is 19.6. The van der Waals surface area contributed by atoms with Crippen LogP contribution in [0.1, 0.15) is 158 Å². The summed E-state index contributed by atoms with van der Waals surface area (Å²) in [5.74, 6) is 1.80. The van der Waals surface area contributed by atoms with E-state index in [0.717, 1.165) is 12.8 Å². The molecular weight excluding hydrogens is 696 g/mol. The Morgan fingerprint density at radius 3 is 1.14 bits per heavy atom. The van der Waals surface area contributed by atoms with Crippen molar-refractivity contribution < 1.29 is 14.4 Å². The third-order valence-corrected chi connectivity index (χ3v) is 53.7. The van der Waals surface area contributed by atoms with Crippen LogP contribution in [0.3, 0.4) is 0 Å². The summed E-state index contributed by atoms with van der Waals surface area (Å²) < 4.78 is 9.49. The van der Waals surface area contributed by atoms with Crippen LogP contribution in [0, 0.1) is 0 Å².